The number of rotatable bonds is 4. The zero-order valence-electron chi connectivity index (χ0n) is 16.4. The van der Waals surface area contributed by atoms with Crippen LogP contribution in [0.25, 0.3) is 11.3 Å². The number of nitrogen functional groups attached to an aromatic ring is 1. The maximum atomic E-state index is 13.0. The molecule has 0 spiro atoms. The van der Waals surface area contributed by atoms with Crippen molar-refractivity contribution in [1.29, 1.82) is 5.41 Å². The van der Waals surface area contributed by atoms with E-state index in [1.54, 1.807) is 12.1 Å². The van der Waals surface area contributed by atoms with Gasteiger partial charge in [-0.3, -0.25) is 5.41 Å². The van der Waals surface area contributed by atoms with Gasteiger partial charge in [0.15, 0.2) is 5.96 Å². The summed E-state index contributed by atoms with van der Waals surface area (Å²) in [4.78, 5) is 8.53. The Kier molecular flexibility index (Phi) is 5.38. The van der Waals surface area contributed by atoms with Gasteiger partial charge in [-0.15, -0.1) is 0 Å². The van der Waals surface area contributed by atoms with E-state index in [1.165, 1.54) is 12.1 Å². The first kappa shape index (κ1) is 19.5. The van der Waals surface area contributed by atoms with E-state index in [-0.39, 0.29) is 11.8 Å². The Hall–Kier alpha value is -3.81. The fraction of sp³-hybridized carbons (Fsp3) is 0.182. The van der Waals surface area contributed by atoms with E-state index in [2.05, 4.69) is 9.88 Å². The molecule has 3 aromatic rings. The van der Waals surface area contributed by atoms with Crippen LogP contribution in [-0.4, -0.2) is 42.0 Å². The zero-order valence-corrected chi connectivity index (χ0v) is 16.4. The second-order valence-corrected chi connectivity index (χ2v) is 7.08. The van der Waals surface area contributed by atoms with Gasteiger partial charge in [0.2, 0.25) is 0 Å². The van der Waals surface area contributed by atoms with Crippen LogP contribution in [0.1, 0.15) is 0 Å². The van der Waals surface area contributed by atoms with Gasteiger partial charge in [-0.1, -0.05) is 0 Å². The minimum Gasteiger partial charge on any atom is -0.457 e. The van der Waals surface area contributed by atoms with Crippen molar-refractivity contribution < 1.29 is 9.13 Å². The Bertz CT molecular complexity index is 1030. The van der Waals surface area contributed by atoms with Crippen molar-refractivity contribution >= 4 is 17.5 Å². The number of hydrogen-bond donors (Lipinski definition) is 3. The number of halogens is 1. The summed E-state index contributed by atoms with van der Waals surface area (Å²) >= 11 is 0. The summed E-state index contributed by atoms with van der Waals surface area (Å²) in [6, 6.07) is 17.3. The Labute approximate surface area is 174 Å². The van der Waals surface area contributed by atoms with Crippen molar-refractivity contribution in [2.24, 2.45) is 5.73 Å². The van der Waals surface area contributed by atoms with Gasteiger partial charge in [0.1, 0.15) is 23.1 Å². The molecule has 4 rings (SSSR count). The number of guanidine groups is 1. The normalized spacial score (nSPS) is 13.9. The topological polar surface area (TPSA) is 104 Å². The Balaban J connectivity index is 1.50. The number of benzene rings is 2. The summed E-state index contributed by atoms with van der Waals surface area (Å²) < 4.78 is 18.8. The molecule has 1 aromatic heterocycles. The van der Waals surface area contributed by atoms with Crippen LogP contribution in [0.15, 0.2) is 60.7 Å². The minimum absolute atomic E-state index is 0.104. The fourth-order valence-corrected chi connectivity index (χ4v) is 3.41. The SMILES string of the molecule is N=C(N)N1CCN(c2cc(N)nc(-c3ccc(Oc4ccc(F)cc4)cc3)c2)CC1. The number of nitrogens with two attached hydrogens (primary N) is 2. The predicted octanol–water partition coefficient (Wildman–Crippen LogP) is 3.28. The minimum atomic E-state index is -0.302. The first-order valence-corrected chi connectivity index (χ1v) is 9.63. The molecule has 1 aliphatic heterocycles. The molecule has 1 fully saturated rings. The molecule has 0 amide bonds. The third-order valence-electron chi connectivity index (χ3n) is 5.01. The summed E-state index contributed by atoms with van der Waals surface area (Å²) in [6.07, 6.45) is 0. The van der Waals surface area contributed by atoms with E-state index in [4.69, 9.17) is 21.6 Å². The molecule has 0 unspecified atom stereocenters. The largest absolute Gasteiger partial charge is 0.457 e. The number of pyridine rings is 1. The molecule has 8 heteroatoms. The second-order valence-electron chi connectivity index (χ2n) is 7.08. The highest BCUT2D eigenvalue weighted by Crippen LogP contribution is 2.29. The Morgan fingerprint density at radius 2 is 1.53 bits per heavy atom. The predicted molar refractivity (Wildman–Crippen MR) is 116 cm³/mol. The van der Waals surface area contributed by atoms with E-state index in [1.807, 2.05) is 41.3 Å². The van der Waals surface area contributed by atoms with Gasteiger partial charge in [-0.05, 0) is 54.6 Å². The molecule has 0 radical (unpaired) electrons. The Morgan fingerprint density at radius 3 is 2.13 bits per heavy atom. The second kappa shape index (κ2) is 8.28. The van der Waals surface area contributed by atoms with Crippen molar-refractivity contribution in [3.05, 3.63) is 66.5 Å². The number of ether oxygens (including phenoxy) is 1. The van der Waals surface area contributed by atoms with Crippen molar-refractivity contribution in [2.45, 2.75) is 0 Å². The van der Waals surface area contributed by atoms with Crippen LogP contribution >= 0.6 is 0 Å². The smallest absolute Gasteiger partial charge is 0.188 e. The first-order chi connectivity index (χ1) is 14.5. The highest BCUT2D eigenvalue weighted by molar-refractivity contribution is 5.75. The monoisotopic (exact) mass is 406 g/mol. The standard InChI is InChI=1S/C22H23FN6O/c23-16-3-7-19(8-4-16)30-18-5-1-15(2-6-18)20-13-17(14-21(24)27-20)28-9-11-29(12-10-28)22(25)26/h1-8,13-14H,9-12H2,(H2,24,27)(H3,25,26). The fourth-order valence-electron chi connectivity index (χ4n) is 3.41. The van der Waals surface area contributed by atoms with Gasteiger partial charge < -0.3 is 26.0 Å². The van der Waals surface area contributed by atoms with Crippen LogP contribution in [0.3, 0.4) is 0 Å². The summed E-state index contributed by atoms with van der Waals surface area (Å²) in [7, 11) is 0. The lowest BCUT2D eigenvalue weighted by molar-refractivity contribution is 0.380. The molecule has 154 valence electrons. The zero-order chi connectivity index (χ0) is 21.1. The average molecular weight is 406 g/mol. The van der Waals surface area contributed by atoms with Crippen LogP contribution in [0, 0.1) is 11.2 Å². The maximum Gasteiger partial charge on any atom is 0.188 e. The van der Waals surface area contributed by atoms with Gasteiger partial charge in [-0.2, -0.15) is 0 Å². The molecule has 0 bridgehead atoms. The van der Waals surface area contributed by atoms with Crippen LogP contribution in [0.2, 0.25) is 0 Å². The number of piperazine rings is 1. The third kappa shape index (κ3) is 4.43. The van der Waals surface area contributed by atoms with E-state index < -0.39 is 0 Å². The molecule has 1 aliphatic rings. The van der Waals surface area contributed by atoms with E-state index in [0.29, 0.717) is 30.4 Å². The lowest BCUT2D eigenvalue weighted by atomic mass is 10.1. The molecular weight excluding hydrogens is 383 g/mol. The number of nitrogens with one attached hydrogen (secondary N) is 1. The summed E-state index contributed by atoms with van der Waals surface area (Å²) in [5, 5.41) is 7.57. The lowest BCUT2D eigenvalue weighted by Crippen LogP contribution is -2.50. The number of hydrogen-bond acceptors (Lipinski definition) is 5. The molecule has 30 heavy (non-hydrogen) atoms. The van der Waals surface area contributed by atoms with Gasteiger partial charge in [0, 0.05) is 43.5 Å². The first-order valence-electron chi connectivity index (χ1n) is 9.63. The van der Waals surface area contributed by atoms with Crippen LogP contribution in [0.5, 0.6) is 11.5 Å². The lowest BCUT2D eigenvalue weighted by Gasteiger charge is -2.36. The van der Waals surface area contributed by atoms with Crippen molar-refractivity contribution in [1.82, 2.24) is 9.88 Å². The quantitative estimate of drug-likeness (QED) is 0.454. The highest BCUT2D eigenvalue weighted by atomic mass is 19.1. The van der Waals surface area contributed by atoms with Gasteiger partial charge in [0.25, 0.3) is 0 Å². The number of nitrogens with zero attached hydrogens (tertiary/aromatic N) is 3. The van der Waals surface area contributed by atoms with Crippen LogP contribution in [0.4, 0.5) is 15.9 Å². The number of anilines is 2. The third-order valence-corrected chi connectivity index (χ3v) is 5.01. The molecule has 5 N–H and O–H groups in total. The molecule has 0 atom stereocenters. The molecule has 2 aromatic carbocycles. The van der Waals surface area contributed by atoms with Crippen molar-refractivity contribution in [3.8, 4) is 22.8 Å². The summed E-state index contributed by atoms with van der Waals surface area (Å²) in [6.45, 7) is 2.91. The van der Waals surface area contributed by atoms with E-state index in [0.717, 1.165) is 30.0 Å². The van der Waals surface area contributed by atoms with Gasteiger partial charge in [-0.25, -0.2) is 9.37 Å². The highest BCUT2D eigenvalue weighted by Gasteiger charge is 2.19. The van der Waals surface area contributed by atoms with E-state index >= 15 is 0 Å². The average Bonchev–Trinajstić information content (AvgIpc) is 2.75. The van der Waals surface area contributed by atoms with Gasteiger partial charge in [0.05, 0.1) is 5.69 Å². The molecule has 0 saturated carbocycles. The molecular formula is C22H23FN6O. The van der Waals surface area contributed by atoms with Crippen molar-refractivity contribution in [3.63, 3.8) is 0 Å². The number of aromatic nitrogens is 1. The van der Waals surface area contributed by atoms with E-state index in [9.17, 15) is 4.39 Å². The van der Waals surface area contributed by atoms with Crippen LogP contribution < -0.4 is 21.1 Å². The van der Waals surface area contributed by atoms with Crippen molar-refractivity contribution in [2.75, 3.05) is 36.8 Å². The maximum absolute atomic E-state index is 13.0. The summed E-state index contributed by atoms with van der Waals surface area (Å²) in [5.41, 5.74) is 14.3. The molecule has 1 saturated heterocycles. The molecule has 2 heterocycles. The molecule has 7 nitrogen and oxygen atoms in total. The molecule has 0 aliphatic carbocycles. The summed E-state index contributed by atoms with van der Waals surface area (Å²) in [5.74, 6) is 1.47. The van der Waals surface area contributed by atoms with Crippen LogP contribution in [-0.2, 0) is 0 Å². The Morgan fingerprint density at radius 1 is 0.933 bits per heavy atom. The van der Waals surface area contributed by atoms with Gasteiger partial charge >= 0.3 is 0 Å².